The van der Waals surface area contributed by atoms with Crippen molar-refractivity contribution in [2.24, 2.45) is 7.05 Å². The zero-order valence-corrected chi connectivity index (χ0v) is 12.6. The van der Waals surface area contributed by atoms with Gasteiger partial charge in [-0.05, 0) is 24.8 Å². The first-order chi connectivity index (χ1) is 10.6. The van der Waals surface area contributed by atoms with Gasteiger partial charge in [-0.1, -0.05) is 0 Å². The van der Waals surface area contributed by atoms with E-state index in [0.29, 0.717) is 5.82 Å². The molecule has 4 rings (SSSR count). The number of nitrogens with zero attached hydrogens (tertiary/aromatic N) is 4. The summed E-state index contributed by atoms with van der Waals surface area (Å²) in [5, 5.41) is 7.90. The predicted octanol–water partition coefficient (Wildman–Crippen LogP) is 3.59. The Morgan fingerprint density at radius 1 is 1.32 bits per heavy atom. The van der Waals surface area contributed by atoms with Gasteiger partial charge in [-0.3, -0.25) is 4.68 Å². The van der Waals surface area contributed by atoms with Crippen molar-refractivity contribution >= 4 is 33.1 Å². The molecule has 3 heterocycles. The standard InChI is InChI=1S/C14H13F2N5S/c1-21-11(12(15)16)8(5-19-21)20-13-10-7-3-2-4-9(7)22-14(10)18-6-17-13/h5-6,12H,2-4H2,1H3,(H,17,18,20). The van der Waals surface area contributed by atoms with Gasteiger partial charge in [0.2, 0.25) is 0 Å². The zero-order chi connectivity index (χ0) is 15.3. The van der Waals surface area contributed by atoms with E-state index in [9.17, 15) is 8.78 Å². The Morgan fingerprint density at radius 3 is 3.00 bits per heavy atom. The van der Waals surface area contributed by atoms with Crippen LogP contribution in [0.3, 0.4) is 0 Å². The quantitative estimate of drug-likeness (QED) is 0.801. The number of nitrogens with one attached hydrogen (secondary N) is 1. The molecule has 0 saturated heterocycles. The predicted molar refractivity (Wildman–Crippen MR) is 80.9 cm³/mol. The van der Waals surface area contributed by atoms with Crippen molar-refractivity contribution < 1.29 is 8.78 Å². The minimum Gasteiger partial charge on any atom is -0.337 e. The average molecular weight is 321 g/mol. The van der Waals surface area contributed by atoms with E-state index in [0.717, 1.165) is 29.5 Å². The van der Waals surface area contributed by atoms with Crippen molar-refractivity contribution in [3.8, 4) is 0 Å². The van der Waals surface area contributed by atoms with E-state index in [4.69, 9.17) is 0 Å². The van der Waals surface area contributed by atoms with Gasteiger partial charge in [0.25, 0.3) is 6.43 Å². The van der Waals surface area contributed by atoms with E-state index >= 15 is 0 Å². The molecule has 1 aliphatic carbocycles. The highest BCUT2D eigenvalue weighted by atomic mass is 32.1. The number of rotatable bonds is 3. The van der Waals surface area contributed by atoms with Crippen LogP contribution >= 0.6 is 11.3 Å². The molecule has 0 aromatic carbocycles. The lowest BCUT2D eigenvalue weighted by Crippen LogP contribution is -2.02. The summed E-state index contributed by atoms with van der Waals surface area (Å²) in [6.45, 7) is 0. The number of hydrogen-bond donors (Lipinski definition) is 1. The maximum absolute atomic E-state index is 13.2. The Morgan fingerprint density at radius 2 is 2.18 bits per heavy atom. The molecule has 0 saturated carbocycles. The van der Waals surface area contributed by atoms with Crippen LogP contribution in [0, 0.1) is 0 Å². The molecule has 114 valence electrons. The normalized spacial score (nSPS) is 14.0. The van der Waals surface area contributed by atoms with E-state index < -0.39 is 6.43 Å². The fraction of sp³-hybridized carbons (Fsp3) is 0.357. The number of aromatic nitrogens is 4. The maximum atomic E-state index is 13.2. The number of alkyl halides is 2. The minimum absolute atomic E-state index is 0.140. The fourth-order valence-corrected chi connectivity index (χ4v) is 4.18. The van der Waals surface area contributed by atoms with Crippen LogP contribution in [0.5, 0.6) is 0 Å². The second kappa shape index (κ2) is 4.98. The number of aryl methyl sites for hydroxylation is 3. The molecule has 22 heavy (non-hydrogen) atoms. The Labute approximate surface area is 129 Å². The molecular weight excluding hydrogens is 308 g/mol. The summed E-state index contributed by atoms with van der Waals surface area (Å²) in [6, 6.07) is 0. The van der Waals surface area contributed by atoms with Gasteiger partial charge in [0.1, 0.15) is 22.7 Å². The first kappa shape index (κ1) is 13.6. The minimum atomic E-state index is -2.60. The molecule has 0 spiro atoms. The highest BCUT2D eigenvalue weighted by Gasteiger charge is 2.23. The summed E-state index contributed by atoms with van der Waals surface area (Å²) in [6.07, 6.45) is 3.45. The molecule has 0 atom stereocenters. The molecule has 8 heteroatoms. The maximum Gasteiger partial charge on any atom is 0.282 e. The van der Waals surface area contributed by atoms with Gasteiger partial charge >= 0.3 is 0 Å². The van der Waals surface area contributed by atoms with Crippen molar-refractivity contribution in [3.63, 3.8) is 0 Å². The molecule has 0 radical (unpaired) electrons. The molecule has 1 N–H and O–H groups in total. The lowest BCUT2D eigenvalue weighted by atomic mass is 10.2. The van der Waals surface area contributed by atoms with Crippen LogP contribution in [0.2, 0.25) is 0 Å². The third-order valence-corrected chi connectivity index (χ3v) is 5.15. The molecule has 1 aliphatic rings. The monoisotopic (exact) mass is 321 g/mol. The lowest BCUT2D eigenvalue weighted by molar-refractivity contribution is 0.141. The van der Waals surface area contributed by atoms with Crippen LogP contribution in [0.1, 0.15) is 29.0 Å². The summed E-state index contributed by atoms with van der Waals surface area (Å²) in [7, 11) is 1.50. The van der Waals surface area contributed by atoms with E-state index in [2.05, 4.69) is 20.4 Å². The zero-order valence-electron chi connectivity index (χ0n) is 11.8. The molecule has 0 unspecified atom stereocenters. The van der Waals surface area contributed by atoms with Crippen molar-refractivity contribution in [3.05, 3.63) is 28.7 Å². The van der Waals surface area contributed by atoms with Crippen molar-refractivity contribution in [1.29, 1.82) is 0 Å². The first-order valence-corrected chi connectivity index (χ1v) is 7.79. The summed E-state index contributed by atoms with van der Waals surface area (Å²) in [5.41, 5.74) is 1.40. The number of fused-ring (bicyclic) bond motifs is 3. The SMILES string of the molecule is Cn1ncc(Nc2ncnc3sc4c(c23)CCC4)c1C(F)F. The van der Waals surface area contributed by atoms with Crippen molar-refractivity contribution in [2.75, 3.05) is 5.32 Å². The summed E-state index contributed by atoms with van der Waals surface area (Å²) >= 11 is 1.67. The van der Waals surface area contributed by atoms with E-state index in [-0.39, 0.29) is 11.4 Å². The lowest BCUT2D eigenvalue weighted by Gasteiger charge is -2.08. The van der Waals surface area contributed by atoms with Gasteiger partial charge in [-0.2, -0.15) is 5.10 Å². The summed E-state index contributed by atoms with van der Waals surface area (Å²) < 4.78 is 27.5. The molecule has 0 bridgehead atoms. The second-order valence-electron chi connectivity index (χ2n) is 5.25. The van der Waals surface area contributed by atoms with Crippen LogP contribution in [0.4, 0.5) is 20.3 Å². The van der Waals surface area contributed by atoms with Crippen LogP contribution < -0.4 is 5.32 Å². The van der Waals surface area contributed by atoms with Gasteiger partial charge in [0.15, 0.2) is 0 Å². The Kier molecular flexibility index (Phi) is 3.07. The van der Waals surface area contributed by atoms with Gasteiger partial charge in [-0.15, -0.1) is 11.3 Å². The van der Waals surface area contributed by atoms with Gasteiger partial charge < -0.3 is 5.32 Å². The number of halogens is 2. The number of anilines is 2. The van der Waals surface area contributed by atoms with Gasteiger partial charge in [-0.25, -0.2) is 18.7 Å². The smallest absolute Gasteiger partial charge is 0.282 e. The third-order valence-electron chi connectivity index (χ3n) is 3.95. The summed E-state index contributed by atoms with van der Waals surface area (Å²) in [4.78, 5) is 10.8. The fourth-order valence-electron chi connectivity index (χ4n) is 2.95. The third kappa shape index (κ3) is 1.98. The Bertz CT molecular complexity index is 854. The average Bonchev–Trinajstić information content (AvgIpc) is 3.13. The molecule has 3 aromatic rings. The van der Waals surface area contributed by atoms with E-state index in [1.807, 2.05) is 0 Å². The summed E-state index contributed by atoms with van der Waals surface area (Å²) in [5.74, 6) is 0.583. The topological polar surface area (TPSA) is 55.6 Å². The van der Waals surface area contributed by atoms with Crippen LogP contribution in [-0.2, 0) is 19.9 Å². The van der Waals surface area contributed by atoms with Crippen LogP contribution in [-0.4, -0.2) is 19.7 Å². The Balaban J connectivity index is 1.83. The van der Waals surface area contributed by atoms with Gasteiger partial charge in [0.05, 0.1) is 17.3 Å². The highest BCUT2D eigenvalue weighted by Crippen LogP contribution is 2.40. The van der Waals surface area contributed by atoms with Crippen molar-refractivity contribution in [1.82, 2.24) is 19.7 Å². The Hall–Kier alpha value is -2.09. The highest BCUT2D eigenvalue weighted by molar-refractivity contribution is 7.19. The molecule has 0 aliphatic heterocycles. The van der Waals surface area contributed by atoms with E-state index in [1.54, 1.807) is 11.3 Å². The van der Waals surface area contributed by atoms with Gasteiger partial charge in [0, 0.05) is 11.9 Å². The van der Waals surface area contributed by atoms with Crippen LogP contribution in [0.15, 0.2) is 12.5 Å². The number of hydrogen-bond acceptors (Lipinski definition) is 5. The number of thiophene rings is 1. The second-order valence-corrected chi connectivity index (χ2v) is 6.34. The van der Waals surface area contributed by atoms with E-state index in [1.165, 1.54) is 34.7 Å². The van der Waals surface area contributed by atoms with Crippen LogP contribution in [0.25, 0.3) is 10.2 Å². The molecule has 5 nitrogen and oxygen atoms in total. The van der Waals surface area contributed by atoms with Crippen molar-refractivity contribution in [2.45, 2.75) is 25.7 Å². The molecule has 3 aromatic heterocycles. The molecular formula is C14H13F2N5S. The largest absolute Gasteiger partial charge is 0.337 e. The molecule has 0 fully saturated rings. The first-order valence-electron chi connectivity index (χ1n) is 6.97. The molecule has 0 amide bonds.